The fourth-order valence-corrected chi connectivity index (χ4v) is 1.95. The Labute approximate surface area is 112 Å². The molecule has 0 aliphatic heterocycles. The fourth-order valence-electron chi connectivity index (χ4n) is 1.73. The van der Waals surface area contributed by atoms with Crippen molar-refractivity contribution in [3.05, 3.63) is 46.2 Å². The van der Waals surface area contributed by atoms with Gasteiger partial charge in [0.15, 0.2) is 5.82 Å². The minimum absolute atomic E-state index is 0.504. The average molecular weight is 263 g/mol. The standard InChI is InChI=1S/C14H15ClN2O/c1-9-10(2)16-14(17-13(9)15)12-7-5-4-6-11(12)8-18-3/h4-7H,8H2,1-3H3. The maximum Gasteiger partial charge on any atom is 0.161 e. The van der Waals surface area contributed by atoms with Crippen molar-refractivity contribution < 1.29 is 4.74 Å². The normalized spacial score (nSPS) is 10.7. The lowest BCUT2D eigenvalue weighted by Gasteiger charge is -2.10. The number of hydrogen-bond donors (Lipinski definition) is 0. The minimum atomic E-state index is 0.504. The van der Waals surface area contributed by atoms with Crippen molar-refractivity contribution >= 4 is 11.6 Å². The predicted octanol–water partition coefficient (Wildman–Crippen LogP) is 3.56. The van der Waals surface area contributed by atoms with E-state index in [0.717, 1.165) is 22.4 Å². The van der Waals surface area contributed by atoms with Gasteiger partial charge in [-0.25, -0.2) is 9.97 Å². The highest BCUT2D eigenvalue weighted by Crippen LogP contribution is 2.24. The van der Waals surface area contributed by atoms with Crippen molar-refractivity contribution in [2.24, 2.45) is 0 Å². The number of hydrogen-bond acceptors (Lipinski definition) is 3. The largest absolute Gasteiger partial charge is 0.380 e. The Morgan fingerprint density at radius 1 is 1.17 bits per heavy atom. The summed E-state index contributed by atoms with van der Waals surface area (Å²) in [6.07, 6.45) is 0. The summed E-state index contributed by atoms with van der Waals surface area (Å²) in [5, 5.41) is 0.504. The van der Waals surface area contributed by atoms with Gasteiger partial charge in [-0.2, -0.15) is 0 Å². The van der Waals surface area contributed by atoms with Gasteiger partial charge in [0, 0.05) is 23.9 Å². The highest BCUT2D eigenvalue weighted by Gasteiger charge is 2.11. The molecule has 0 aliphatic carbocycles. The van der Waals surface area contributed by atoms with Crippen LogP contribution in [0.5, 0.6) is 0 Å². The number of rotatable bonds is 3. The van der Waals surface area contributed by atoms with E-state index < -0.39 is 0 Å². The lowest BCUT2D eigenvalue weighted by Crippen LogP contribution is -1.99. The van der Waals surface area contributed by atoms with Gasteiger partial charge in [0.1, 0.15) is 5.15 Å². The highest BCUT2D eigenvalue weighted by atomic mass is 35.5. The molecule has 1 aromatic carbocycles. The van der Waals surface area contributed by atoms with Crippen molar-refractivity contribution in [3.8, 4) is 11.4 Å². The second kappa shape index (κ2) is 5.46. The summed E-state index contributed by atoms with van der Waals surface area (Å²) in [4.78, 5) is 8.84. The van der Waals surface area contributed by atoms with Gasteiger partial charge in [-0.1, -0.05) is 35.9 Å². The monoisotopic (exact) mass is 262 g/mol. The van der Waals surface area contributed by atoms with Crippen molar-refractivity contribution in [1.29, 1.82) is 0 Å². The molecule has 2 rings (SSSR count). The number of aryl methyl sites for hydroxylation is 1. The Morgan fingerprint density at radius 2 is 1.89 bits per heavy atom. The van der Waals surface area contributed by atoms with E-state index in [0.29, 0.717) is 17.6 Å². The molecule has 0 saturated carbocycles. The van der Waals surface area contributed by atoms with E-state index in [-0.39, 0.29) is 0 Å². The Balaban J connectivity index is 2.55. The fraction of sp³-hybridized carbons (Fsp3) is 0.286. The number of benzene rings is 1. The van der Waals surface area contributed by atoms with Crippen LogP contribution in [0.2, 0.25) is 5.15 Å². The molecular weight excluding hydrogens is 248 g/mol. The van der Waals surface area contributed by atoms with Crippen LogP contribution < -0.4 is 0 Å². The van der Waals surface area contributed by atoms with E-state index in [2.05, 4.69) is 9.97 Å². The summed E-state index contributed by atoms with van der Waals surface area (Å²) >= 11 is 6.12. The van der Waals surface area contributed by atoms with E-state index in [1.165, 1.54) is 0 Å². The van der Waals surface area contributed by atoms with Crippen LogP contribution in [0.4, 0.5) is 0 Å². The molecule has 3 nitrogen and oxygen atoms in total. The summed E-state index contributed by atoms with van der Waals surface area (Å²) in [7, 11) is 1.67. The van der Waals surface area contributed by atoms with Crippen molar-refractivity contribution in [2.45, 2.75) is 20.5 Å². The zero-order valence-electron chi connectivity index (χ0n) is 10.7. The van der Waals surface area contributed by atoms with Crippen LogP contribution in [0.15, 0.2) is 24.3 Å². The zero-order valence-corrected chi connectivity index (χ0v) is 11.5. The van der Waals surface area contributed by atoms with Gasteiger partial charge in [0.2, 0.25) is 0 Å². The van der Waals surface area contributed by atoms with Gasteiger partial charge >= 0.3 is 0 Å². The molecule has 0 saturated heterocycles. The third-order valence-corrected chi connectivity index (χ3v) is 3.26. The lowest BCUT2D eigenvalue weighted by atomic mass is 10.1. The van der Waals surface area contributed by atoms with Crippen molar-refractivity contribution in [1.82, 2.24) is 9.97 Å². The molecule has 18 heavy (non-hydrogen) atoms. The Hall–Kier alpha value is -1.45. The molecule has 4 heteroatoms. The molecule has 0 bridgehead atoms. The number of aromatic nitrogens is 2. The van der Waals surface area contributed by atoms with Crippen LogP contribution in [0.25, 0.3) is 11.4 Å². The van der Waals surface area contributed by atoms with Crippen LogP contribution in [-0.4, -0.2) is 17.1 Å². The molecule has 0 unspecified atom stereocenters. The molecule has 1 heterocycles. The van der Waals surface area contributed by atoms with Gasteiger partial charge in [-0.15, -0.1) is 0 Å². The SMILES string of the molecule is COCc1ccccc1-c1nc(C)c(C)c(Cl)n1. The topological polar surface area (TPSA) is 35.0 Å². The Kier molecular flexibility index (Phi) is 3.94. The second-order valence-electron chi connectivity index (χ2n) is 4.14. The predicted molar refractivity (Wildman–Crippen MR) is 72.7 cm³/mol. The Bertz CT molecular complexity index is 546. The molecule has 0 aliphatic rings. The molecule has 94 valence electrons. The van der Waals surface area contributed by atoms with Gasteiger partial charge in [-0.3, -0.25) is 0 Å². The average Bonchev–Trinajstić information content (AvgIpc) is 2.36. The van der Waals surface area contributed by atoms with Gasteiger partial charge in [0.25, 0.3) is 0 Å². The molecule has 1 aromatic heterocycles. The van der Waals surface area contributed by atoms with E-state index in [4.69, 9.17) is 16.3 Å². The molecular formula is C14H15ClN2O. The summed E-state index contributed by atoms with van der Waals surface area (Å²) in [6.45, 7) is 4.39. The number of halogens is 1. The first kappa shape index (κ1) is 13.0. The van der Waals surface area contributed by atoms with Crippen LogP contribution in [0.1, 0.15) is 16.8 Å². The second-order valence-corrected chi connectivity index (χ2v) is 4.50. The molecule has 0 radical (unpaired) electrons. The van der Waals surface area contributed by atoms with Crippen LogP contribution in [0.3, 0.4) is 0 Å². The minimum Gasteiger partial charge on any atom is -0.380 e. The first-order chi connectivity index (χ1) is 8.63. The first-order valence-corrected chi connectivity index (χ1v) is 6.09. The van der Waals surface area contributed by atoms with Gasteiger partial charge < -0.3 is 4.74 Å². The molecule has 0 spiro atoms. The van der Waals surface area contributed by atoms with Crippen LogP contribution in [-0.2, 0) is 11.3 Å². The third kappa shape index (κ3) is 2.52. The van der Waals surface area contributed by atoms with E-state index in [9.17, 15) is 0 Å². The number of ether oxygens (including phenoxy) is 1. The first-order valence-electron chi connectivity index (χ1n) is 5.71. The summed E-state index contributed by atoms with van der Waals surface area (Å²) in [5.41, 5.74) is 3.84. The van der Waals surface area contributed by atoms with Crippen LogP contribution >= 0.6 is 11.6 Å². The maximum atomic E-state index is 6.12. The molecule has 0 fully saturated rings. The zero-order chi connectivity index (χ0) is 13.1. The number of methoxy groups -OCH3 is 1. The smallest absolute Gasteiger partial charge is 0.161 e. The molecule has 0 amide bonds. The molecule has 0 atom stereocenters. The number of nitrogens with zero attached hydrogens (tertiary/aromatic N) is 2. The third-order valence-electron chi connectivity index (χ3n) is 2.89. The van der Waals surface area contributed by atoms with Crippen molar-refractivity contribution in [3.63, 3.8) is 0 Å². The van der Waals surface area contributed by atoms with Crippen LogP contribution in [0, 0.1) is 13.8 Å². The van der Waals surface area contributed by atoms with Gasteiger partial charge in [0.05, 0.1) is 6.61 Å². The summed E-state index contributed by atoms with van der Waals surface area (Å²) in [6, 6.07) is 7.92. The molecule has 2 aromatic rings. The van der Waals surface area contributed by atoms with E-state index >= 15 is 0 Å². The van der Waals surface area contributed by atoms with E-state index in [1.807, 2.05) is 38.1 Å². The Morgan fingerprint density at radius 3 is 2.56 bits per heavy atom. The maximum absolute atomic E-state index is 6.12. The van der Waals surface area contributed by atoms with E-state index in [1.54, 1.807) is 7.11 Å². The summed E-state index contributed by atoms with van der Waals surface area (Å²) < 4.78 is 5.19. The summed E-state index contributed by atoms with van der Waals surface area (Å²) in [5.74, 6) is 0.649. The highest BCUT2D eigenvalue weighted by molar-refractivity contribution is 6.30. The molecule has 0 N–H and O–H groups in total. The quantitative estimate of drug-likeness (QED) is 0.794. The van der Waals surface area contributed by atoms with Gasteiger partial charge in [-0.05, 0) is 19.4 Å². The van der Waals surface area contributed by atoms with Crippen molar-refractivity contribution in [2.75, 3.05) is 7.11 Å². The lowest BCUT2D eigenvalue weighted by molar-refractivity contribution is 0.185.